The molecule has 0 heterocycles. The van der Waals surface area contributed by atoms with Crippen molar-refractivity contribution in [2.24, 2.45) is 0 Å². The van der Waals surface area contributed by atoms with Crippen LogP contribution in [-0.4, -0.2) is 17.0 Å². The fourth-order valence-electron chi connectivity index (χ4n) is 3.23. The lowest BCUT2D eigenvalue weighted by Crippen LogP contribution is -2.27. The average Bonchev–Trinajstić information content (AvgIpc) is 2.95. The van der Waals surface area contributed by atoms with Gasteiger partial charge in [0.2, 0.25) is 5.91 Å². The maximum Gasteiger partial charge on any atom is 0.335 e. The highest BCUT2D eigenvalue weighted by molar-refractivity contribution is 5.87. The molecule has 0 spiro atoms. The van der Waals surface area contributed by atoms with Crippen molar-refractivity contribution < 1.29 is 14.7 Å². The van der Waals surface area contributed by atoms with Crippen molar-refractivity contribution in [2.45, 2.75) is 38.6 Å². The molecule has 3 rings (SSSR count). The van der Waals surface area contributed by atoms with Crippen molar-refractivity contribution in [1.29, 1.82) is 0 Å². The van der Waals surface area contributed by atoms with Crippen LogP contribution in [0.3, 0.4) is 0 Å². The van der Waals surface area contributed by atoms with Crippen molar-refractivity contribution in [2.75, 3.05) is 0 Å². The Bertz CT molecular complexity index is 765. The van der Waals surface area contributed by atoms with Gasteiger partial charge >= 0.3 is 5.97 Å². The van der Waals surface area contributed by atoms with Crippen molar-refractivity contribution in [3.63, 3.8) is 0 Å². The van der Waals surface area contributed by atoms with Crippen LogP contribution in [0.25, 0.3) is 0 Å². The second kappa shape index (κ2) is 6.87. The van der Waals surface area contributed by atoms with Crippen molar-refractivity contribution >= 4 is 11.9 Å². The normalized spacial score (nSPS) is 15.8. The minimum atomic E-state index is -0.936. The largest absolute Gasteiger partial charge is 0.478 e. The fourth-order valence-corrected chi connectivity index (χ4v) is 3.23. The molecule has 1 aliphatic carbocycles. The van der Waals surface area contributed by atoms with Gasteiger partial charge in [0.05, 0.1) is 11.6 Å². The summed E-state index contributed by atoms with van der Waals surface area (Å²) < 4.78 is 0. The van der Waals surface area contributed by atoms with E-state index in [1.54, 1.807) is 24.3 Å². The molecular weight excluding hydrogens is 302 g/mol. The highest BCUT2D eigenvalue weighted by Crippen LogP contribution is 2.31. The van der Waals surface area contributed by atoms with Crippen LogP contribution >= 0.6 is 0 Å². The smallest absolute Gasteiger partial charge is 0.335 e. The summed E-state index contributed by atoms with van der Waals surface area (Å²) in [4.78, 5) is 23.0. The van der Waals surface area contributed by atoms with Crippen LogP contribution in [0, 0.1) is 6.92 Å². The Hall–Kier alpha value is -2.62. The first-order valence-electron chi connectivity index (χ1n) is 8.24. The van der Waals surface area contributed by atoms with Gasteiger partial charge in [0.15, 0.2) is 0 Å². The number of carbonyl (C=O) groups excluding carboxylic acids is 1. The summed E-state index contributed by atoms with van der Waals surface area (Å²) in [7, 11) is 0. The summed E-state index contributed by atoms with van der Waals surface area (Å²) in [5.41, 5.74) is 5.06. The van der Waals surface area contributed by atoms with E-state index in [0.29, 0.717) is 12.8 Å². The molecule has 1 atom stereocenters. The Kier molecular flexibility index (Phi) is 4.65. The Morgan fingerprint density at radius 3 is 2.62 bits per heavy atom. The molecule has 1 aliphatic rings. The van der Waals surface area contributed by atoms with E-state index in [4.69, 9.17) is 5.11 Å². The highest BCUT2D eigenvalue weighted by Gasteiger charge is 2.23. The van der Waals surface area contributed by atoms with Crippen molar-refractivity contribution in [1.82, 2.24) is 5.32 Å². The molecule has 0 aliphatic heterocycles. The Morgan fingerprint density at radius 1 is 1.17 bits per heavy atom. The van der Waals surface area contributed by atoms with Crippen LogP contribution in [0.2, 0.25) is 0 Å². The van der Waals surface area contributed by atoms with Gasteiger partial charge in [-0.3, -0.25) is 4.79 Å². The molecular formula is C20H21NO3. The number of rotatable bonds is 5. The van der Waals surface area contributed by atoms with Crippen LogP contribution in [0.4, 0.5) is 0 Å². The molecule has 0 saturated carbocycles. The predicted molar refractivity (Wildman–Crippen MR) is 92.1 cm³/mol. The van der Waals surface area contributed by atoms with Gasteiger partial charge in [-0.05, 0) is 55.0 Å². The molecule has 0 bridgehead atoms. The van der Waals surface area contributed by atoms with E-state index in [9.17, 15) is 9.59 Å². The van der Waals surface area contributed by atoms with Gasteiger partial charge < -0.3 is 10.4 Å². The number of carboxylic acids is 1. The van der Waals surface area contributed by atoms with Crippen LogP contribution in [0.5, 0.6) is 0 Å². The monoisotopic (exact) mass is 323 g/mol. The van der Waals surface area contributed by atoms with Gasteiger partial charge in [0.25, 0.3) is 0 Å². The van der Waals surface area contributed by atoms with Crippen LogP contribution < -0.4 is 5.32 Å². The van der Waals surface area contributed by atoms with E-state index in [0.717, 1.165) is 18.4 Å². The van der Waals surface area contributed by atoms with Gasteiger partial charge in [-0.25, -0.2) is 4.79 Å². The molecule has 124 valence electrons. The number of nitrogens with one attached hydrogen (secondary N) is 1. The standard InChI is InChI=1S/C20H21NO3/c1-13-2-9-17-16(12-13)8-10-18(17)21-19(22)11-5-14-3-6-15(7-4-14)20(23)24/h2-4,6-7,9,12,18H,5,8,10-11H2,1H3,(H,21,22)(H,23,24). The summed E-state index contributed by atoms with van der Waals surface area (Å²) in [5.74, 6) is -0.898. The van der Waals surface area contributed by atoms with Crippen LogP contribution in [-0.2, 0) is 17.6 Å². The van der Waals surface area contributed by atoms with Gasteiger partial charge in [0, 0.05) is 6.42 Å². The SMILES string of the molecule is Cc1ccc2c(c1)CCC2NC(=O)CCc1ccc(C(=O)O)cc1. The lowest BCUT2D eigenvalue weighted by Gasteiger charge is -2.14. The number of fused-ring (bicyclic) bond motifs is 1. The van der Waals surface area contributed by atoms with E-state index < -0.39 is 5.97 Å². The number of aryl methyl sites for hydroxylation is 3. The highest BCUT2D eigenvalue weighted by atomic mass is 16.4. The number of amides is 1. The Balaban J connectivity index is 1.54. The maximum absolute atomic E-state index is 12.2. The summed E-state index contributed by atoms with van der Waals surface area (Å²) in [6.45, 7) is 2.09. The van der Waals surface area contributed by atoms with Crippen molar-refractivity contribution in [3.05, 3.63) is 70.3 Å². The molecule has 0 aromatic heterocycles. The molecule has 1 amide bonds. The van der Waals surface area contributed by atoms with E-state index in [2.05, 4.69) is 30.4 Å². The molecule has 0 saturated heterocycles. The van der Waals surface area contributed by atoms with Gasteiger partial charge in [-0.1, -0.05) is 35.9 Å². The molecule has 24 heavy (non-hydrogen) atoms. The summed E-state index contributed by atoms with van der Waals surface area (Å²) >= 11 is 0. The molecule has 0 fully saturated rings. The van der Waals surface area contributed by atoms with E-state index >= 15 is 0 Å². The lowest BCUT2D eigenvalue weighted by atomic mass is 10.0. The lowest BCUT2D eigenvalue weighted by molar-refractivity contribution is -0.121. The molecule has 2 N–H and O–H groups in total. The first-order valence-corrected chi connectivity index (χ1v) is 8.24. The molecule has 0 radical (unpaired) electrons. The summed E-state index contributed by atoms with van der Waals surface area (Å²) in [6, 6.07) is 13.2. The minimum Gasteiger partial charge on any atom is -0.478 e. The number of carboxylic acid groups (broad SMARTS) is 1. The quantitative estimate of drug-likeness (QED) is 0.886. The van der Waals surface area contributed by atoms with E-state index in [-0.39, 0.29) is 17.5 Å². The van der Waals surface area contributed by atoms with Gasteiger partial charge in [0.1, 0.15) is 0 Å². The number of hydrogen-bond acceptors (Lipinski definition) is 2. The summed E-state index contributed by atoms with van der Waals surface area (Å²) in [6.07, 6.45) is 2.99. The molecule has 4 heteroatoms. The molecule has 2 aromatic carbocycles. The molecule has 2 aromatic rings. The van der Waals surface area contributed by atoms with E-state index in [1.165, 1.54) is 16.7 Å². The zero-order valence-corrected chi connectivity index (χ0v) is 13.7. The third-order valence-electron chi connectivity index (χ3n) is 4.55. The number of aromatic carboxylic acids is 1. The maximum atomic E-state index is 12.2. The minimum absolute atomic E-state index is 0.0377. The second-order valence-corrected chi connectivity index (χ2v) is 6.36. The zero-order valence-electron chi connectivity index (χ0n) is 13.7. The second-order valence-electron chi connectivity index (χ2n) is 6.36. The fraction of sp³-hybridized carbons (Fsp3) is 0.300. The number of hydrogen-bond donors (Lipinski definition) is 2. The molecule has 1 unspecified atom stereocenters. The Labute approximate surface area is 141 Å². The van der Waals surface area contributed by atoms with Gasteiger partial charge in [-0.15, -0.1) is 0 Å². The average molecular weight is 323 g/mol. The van der Waals surface area contributed by atoms with Crippen molar-refractivity contribution in [3.8, 4) is 0 Å². The van der Waals surface area contributed by atoms with Crippen LogP contribution in [0.1, 0.15) is 51.5 Å². The summed E-state index contributed by atoms with van der Waals surface area (Å²) in [5, 5.41) is 12.0. The third kappa shape index (κ3) is 3.65. The third-order valence-corrected chi connectivity index (χ3v) is 4.55. The predicted octanol–water partition coefficient (Wildman–Crippen LogP) is 3.43. The first-order chi connectivity index (χ1) is 11.5. The first kappa shape index (κ1) is 16.2. The number of carbonyl (C=O) groups is 2. The Morgan fingerprint density at radius 2 is 1.92 bits per heavy atom. The number of benzene rings is 2. The van der Waals surface area contributed by atoms with Crippen LogP contribution in [0.15, 0.2) is 42.5 Å². The van der Waals surface area contributed by atoms with E-state index in [1.807, 2.05) is 0 Å². The molecule has 4 nitrogen and oxygen atoms in total. The van der Waals surface area contributed by atoms with Gasteiger partial charge in [-0.2, -0.15) is 0 Å². The zero-order chi connectivity index (χ0) is 17.1. The topological polar surface area (TPSA) is 66.4 Å².